The average Bonchev–Trinajstić information content (AvgIpc) is 2.45. The number of methoxy groups -OCH3 is 2. The third kappa shape index (κ3) is 3.84. The summed E-state index contributed by atoms with van der Waals surface area (Å²) >= 11 is 3.52. The molecule has 1 saturated heterocycles. The SMILES string of the molecule is COc1cc(CNN2CCCCC2)cc(Br)c1OC. The highest BCUT2D eigenvalue weighted by Crippen LogP contribution is 2.36. The summed E-state index contributed by atoms with van der Waals surface area (Å²) in [4.78, 5) is 0. The molecule has 1 fully saturated rings. The van der Waals surface area contributed by atoms with Crippen LogP contribution < -0.4 is 14.9 Å². The number of hydrogen-bond acceptors (Lipinski definition) is 4. The number of nitrogens with one attached hydrogen (secondary N) is 1. The van der Waals surface area contributed by atoms with Crippen molar-refractivity contribution in [2.45, 2.75) is 25.8 Å². The van der Waals surface area contributed by atoms with Crippen molar-refractivity contribution in [1.82, 2.24) is 10.4 Å². The summed E-state index contributed by atoms with van der Waals surface area (Å²) in [5, 5.41) is 2.30. The third-order valence-corrected chi connectivity index (χ3v) is 3.95. The lowest BCUT2D eigenvalue weighted by Crippen LogP contribution is -2.41. The Labute approximate surface area is 123 Å². The summed E-state index contributed by atoms with van der Waals surface area (Å²) in [6.07, 6.45) is 3.91. The van der Waals surface area contributed by atoms with Gasteiger partial charge in [-0.05, 0) is 46.5 Å². The number of ether oxygens (including phenoxy) is 2. The predicted octanol–water partition coefficient (Wildman–Crippen LogP) is 2.96. The lowest BCUT2D eigenvalue weighted by atomic mass is 10.1. The molecule has 5 heteroatoms. The van der Waals surface area contributed by atoms with E-state index >= 15 is 0 Å². The lowest BCUT2D eigenvalue weighted by molar-refractivity contribution is 0.151. The molecule has 0 radical (unpaired) electrons. The first kappa shape index (κ1) is 14.6. The van der Waals surface area contributed by atoms with Crippen molar-refractivity contribution in [2.24, 2.45) is 0 Å². The Morgan fingerprint density at radius 3 is 2.53 bits per heavy atom. The Balaban J connectivity index is 2.01. The summed E-state index contributed by atoms with van der Waals surface area (Å²) < 4.78 is 11.6. The number of nitrogens with zero attached hydrogens (tertiary/aromatic N) is 1. The van der Waals surface area contributed by atoms with E-state index in [0.29, 0.717) is 0 Å². The molecule has 0 bridgehead atoms. The Morgan fingerprint density at radius 1 is 1.16 bits per heavy atom. The van der Waals surface area contributed by atoms with Gasteiger partial charge in [-0.1, -0.05) is 6.42 Å². The van der Waals surface area contributed by atoms with E-state index < -0.39 is 0 Å². The highest BCUT2D eigenvalue weighted by Gasteiger charge is 2.12. The van der Waals surface area contributed by atoms with Gasteiger partial charge in [-0.3, -0.25) is 5.43 Å². The second-order valence-electron chi connectivity index (χ2n) is 4.70. The van der Waals surface area contributed by atoms with E-state index in [-0.39, 0.29) is 0 Å². The van der Waals surface area contributed by atoms with E-state index in [9.17, 15) is 0 Å². The molecule has 0 spiro atoms. The van der Waals surface area contributed by atoms with Crippen molar-refractivity contribution in [3.05, 3.63) is 22.2 Å². The zero-order valence-corrected chi connectivity index (χ0v) is 13.1. The van der Waals surface area contributed by atoms with E-state index in [1.54, 1.807) is 14.2 Å². The van der Waals surface area contributed by atoms with Gasteiger partial charge in [0.25, 0.3) is 0 Å². The normalized spacial score (nSPS) is 16.4. The van der Waals surface area contributed by atoms with Crippen LogP contribution in [0.2, 0.25) is 0 Å². The highest BCUT2D eigenvalue weighted by molar-refractivity contribution is 9.10. The van der Waals surface area contributed by atoms with E-state index in [1.807, 2.05) is 6.07 Å². The molecule has 0 atom stereocenters. The van der Waals surface area contributed by atoms with E-state index in [4.69, 9.17) is 9.47 Å². The summed E-state index contributed by atoms with van der Waals surface area (Å²) in [6, 6.07) is 4.08. The van der Waals surface area contributed by atoms with Gasteiger partial charge in [-0.15, -0.1) is 0 Å². The number of halogens is 1. The first-order valence-electron chi connectivity index (χ1n) is 6.63. The van der Waals surface area contributed by atoms with Crippen molar-refractivity contribution in [3.8, 4) is 11.5 Å². The van der Waals surface area contributed by atoms with Crippen molar-refractivity contribution in [2.75, 3.05) is 27.3 Å². The number of hydrogen-bond donors (Lipinski definition) is 1. The second-order valence-corrected chi connectivity index (χ2v) is 5.55. The molecule has 0 unspecified atom stereocenters. The molecule has 106 valence electrons. The Morgan fingerprint density at radius 2 is 1.89 bits per heavy atom. The van der Waals surface area contributed by atoms with Crippen molar-refractivity contribution in [1.29, 1.82) is 0 Å². The molecule has 1 heterocycles. The monoisotopic (exact) mass is 328 g/mol. The average molecular weight is 329 g/mol. The van der Waals surface area contributed by atoms with Crippen LogP contribution in [0.5, 0.6) is 11.5 Å². The summed E-state index contributed by atoms with van der Waals surface area (Å²) in [7, 11) is 3.31. The van der Waals surface area contributed by atoms with Gasteiger partial charge in [0.2, 0.25) is 0 Å². The second kappa shape index (κ2) is 7.12. The largest absolute Gasteiger partial charge is 0.493 e. The van der Waals surface area contributed by atoms with Crippen LogP contribution in [0.1, 0.15) is 24.8 Å². The standard InChI is InChI=1S/C14H21BrN2O2/c1-18-13-9-11(8-12(15)14(13)19-2)10-16-17-6-4-3-5-7-17/h8-9,16H,3-7,10H2,1-2H3. The van der Waals surface area contributed by atoms with Crippen molar-refractivity contribution >= 4 is 15.9 Å². The molecule has 0 aliphatic carbocycles. The topological polar surface area (TPSA) is 33.7 Å². The van der Waals surface area contributed by atoms with Crippen molar-refractivity contribution < 1.29 is 9.47 Å². The fraction of sp³-hybridized carbons (Fsp3) is 0.571. The van der Waals surface area contributed by atoms with Gasteiger partial charge in [0.05, 0.1) is 18.7 Å². The maximum Gasteiger partial charge on any atom is 0.174 e. The van der Waals surface area contributed by atoms with Crippen LogP contribution in [0, 0.1) is 0 Å². The molecule has 4 nitrogen and oxygen atoms in total. The van der Waals surface area contributed by atoms with Crippen LogP contribution >= 0.6 is 15.9 Å². The molecule has 0 amide bonds. The van der Waals surface area contributed by atoms with Gasteiger partial charge in [0.1, 0.15) is 0 Å². The van der Waals surface area contributed by atoms with Crippen LogP contribution in [-0.4, -0.2) is 32.3 Å². The van der Waals surface area contributed by atoms with Gasteiger partial charge < -0.3 is 9.47 Å². The Bertz CT molecular complexity index is 420. The number of benzene rings is 1. The highest BCUT2D eigenvalue weighted by atomic mass is 79.9. The minimum Gasteiger partial charge on any atom is -0.493 e. The Hall–Kier alpha value is -0.780. The molecule has 19 heavy (non-hydrogen) atoms. The molecular weight excluding hydrogens is 308 g/mol. The molecule has 1 aromatic rings. The quantitative estimate of drug-likeness (QED) is 0.901. The van der Waals surface area contributed by atoms with Gasteiger partial charge in [-0.25, -0.2) is 5.01 Å². The van der Waals surface area contributed by atoms with Crippen LogP contribution in [0.15, 0.2) is 16.6 Å². The van der Waals surface area contributed by atoms with Crippen LogP contribution in [0.4, 0.5) is 0 Å². The molecule has 1 N–H and O–H groups in total. The molecule has 1 aromatic carbocycles. The van der Waals surface area contributed by atoms with E-state index in [0.717, 1.165) is 35.6 Å². The van der Waals surface area contributed by atoms with E-state index in [1.165, 1.54) is 24.8 Å². The molecule has 1 aliphatic rings. The van der Waals surface area contributed by atoms with E-state index in [2.05, 4.69) is 32.4 Å². The first-order valence-corrected chi connectivity index (χ1v) is 7.42. The predicted molar refractivity (Wildman–Crippen MR) is 79.5 cm³/mol. The van der Waals surface area contributed by atoms with Gasteiger partial charge in [0.15, 0.2) is 11.5 Å². The molecule has 2 rings (SSSR count). The molecule has 0 saturated carbocycles. The van der Waals surface area contributed by atoms with Crippen LogP contribution in [-0.2, 0) is 6.54 Å². The van der Waals surface area contributed by atoms with Gasteiger partial charge >= 0.3 is 0 Å². The minimum atomic E-state index is 0.740. The number of hydrazine groups is 1. The first-order chi connectivity index (χ1) is 9.24. The van der Waals surface area contributed by atoms with Crippen molar-refractivity contribution in [3.63, 3.8) is 0 Å². The Kier molecular flexibility index (Phi) is 5.48. The summed E-state index contributed by atoms with van der Waals surface area (Å²) in [5.41, 5.74) is 4.65. The maximum atomic E-state index is 5.35. The maximum absolute atomic E-state index is 5.35. The van der Waals surface area contributed by atoms with Gasteiger partial charge in [0, 0.05) is 19.6 Å². The minimum absolute atomic E-state index is 0.740. The van der Waals surface area contributed by atoms with Gasteiger partial charge in [-0.2, -0.15) is 0 Å². The smallest absolute Gasteiger partial charge is 0.174 e. The molecule has 0 aromatic heterocycles. The third-order valence-electron chi connectivity index (χ3n) is 3.36. The molecule has 1 aliphatic heterocycles. The fourth-order valence-corrected chi connectivity index (χ4v) is 2.98. The fourth-order valence-electron chi connectivity index (χ4n) is 2.33. The van der Waals surface area contributed by atoms with Crippen LogP contribution in [0.3, 0.4) is 0 Å². The number of rotatable bonds is 5. The summed E-state index contributed by atoms with van der Waals surface area (Å²) in [5.74, 6) is 1.50. The van der Waals surface area contributed by atoms with Crippen LogP contribution in [0.25, 0.3) is 0 Å². The summed E-state index contributed by atoms with van der Waals surface area (Å²) in [6.45, 7) is 3.07. The molecular formula is C14H21BrN2O2. The zero-order valence-electron chi connectivity index (χ0n) is 11.5. The number of piperidine rings is 1. The zero-order chi connectivity index (χ0) is 13.7. The lowest BCUT2D eigenvalue weighted by Gasteiger charge is -2.27.